The van der Waals surface area contributed by atoms with Crippen molar-refractivity contribution in [3.8, 4) is 11.5 Å². The Morgan fingerprint density at radius 3 is 2.66 bits per heavy atom. The average Bonchev–Trinajstić information content (AvgIpc) is 3.25. The van der Waals surface area contributed by atoms with Crippen LogP contribution in [0.15, 0.2) is 51.0 Å². The highest BCUT2D eigenvalue weighted by atomic mass is 32.2. The fourth-order valence-corrected chi connectivity index (χ4v) is 4.43. The van der Waals surface area contributed by atoms with E-state index in [0.29, 0.717) is 35.6 Å². The Balaban J connectivity index is 1.80. The molecule has 2 rings (SSSR count). The topological polar surface area (TPSA) is 101 Å². The van der Waals surface area contributed by atoms with Gasteiger partial charge in [0.15, 0.2) is 5.96 Å². The molecule has 29 heavy (non-hydrogen) atoms. The third-order valence-corrected chi connectivity index (χ3v) is 6.56. The number of guanidine groups is 1. The summed E-state index contributed by atoms with van der Waals surface area (Å²) in [5.74, 6) is 2.05. The van der Waals surface area contributed by atoms with Gasteiger partial charge in [-0.25, -0.2) is 18.1 Å². The van der Waals surface area contributed by atoms with Gasteiger partial charge in [0.2, 0.25) is 10.0 Å². The number of nitrogens with one attached hydrogen (secondary N) is 3. The van der Waals surface area contributed by atoms with Gasteiger partial charge in [0.05, 0.1) is 13.7 Å². The molecule has 3 N–H and O–H groups in total. The van der Waals surface area contributed by atoms with Crippen LogP contribution in [0.4, 0.5) is 0 Å². The molecule has 1 aromatic carbocycles. The number of aliphatic imine (C=N–C) groups is 1. The summed E-state index contributed by atoms with van der Waals surface area (Å²) < 4.78 is 38.1. The predicted octanol–water partition coefficient (Wildman–Crippen LogP) is 2.06. The summed E-state index contributed by atoms with van der Waals surface area (Å²) >= 11 is 1.19. The highest BCUT2D eigenvalue weighted by Crippen LogP contribution is 2.20. The molecule has 0 fully saturated rings. The van der Waals surface area contributed by atoms with Gasteiger partial charge in [0, 0.05) is 25.7 Å². The van der Waals surface area contributed by atoms with E-state index < -0.39 is 10.0 Å². The molecule has 1 atom stereocenters. The monoisotopic (exact) mass is 440 g/mol. The fourth-order valence-electron chi connectivity index (χ4n) is 2.36. The van der Waals surface area contributed by atoms with Gasteiger partial charge in [-0.05, 0) is 37.4 Å². The highest BCUT2D eigenvalue weighted by Gasteiger charge is 2.14. The molecule has 160 valence electrons. The van der Waals surface area contributed by atoms with Crippen molar-refractivity contribution >= 4 is 27.3 Å². The van der Waals surface area contributed by atoms with Gasteiger partial charge in [-0.3, -0.25) is 0 Å². The SMILES string of the molecule is CCNC(=NCC(C)Oc1cccc(OC)c1)NCCNS(=O)(=O)c1cccs1. The minimum atomic E-state index is -3.46. The van der Waals surface area contributed by atoms with E-state index >= 15 is 0 Å². The van der Waals surface area contributed by atoms with Gasteiger partial charge in [-0.2, -0.15) is 0 Å². The number of hydrogen-bond acceptors (Lipinski definition) is 6. The molecule has 0 aliphatic carbocycles. The van der Waals surface area contributed by atoms with Gasteiger partial charge < -0.3 is 20.1 Å². The third kappa shape index (κ3) is 7.92. The molecule has 0 spiro atoms. The normalized spacial score (nSPS) is 13.0. The van der Waals surface area contributed by atoms with Crippen molar-refractivity contribution in [2.45, 2.75) is 24.2 Å². The van der Waals surface area contributed by atoms with E-state index in [0.717, 1.165) is 5.75 Å². The molecule has 10 heteroatoms. The van der Waals surface area contributed by atoms with Crippen molar-refractivity contribution in [1.29, 1.82) is 0 Å². The molecule has 1 aromatic heterocycles. The number of nitrogens with zero attached hydrogens (tertiary/aromatic N) is 1. The minimum absolute atomic E-state index is 0.144. The summed E-state index contributed by atoms with van der Waals surface area (Å²) in [5, 5.41) is 7.98. The van der Waals surface area contributed by atoms with Crippen LogP contribution in [0.3, 0.4) is 0 Å². The second-order valence-corrected chi connectivity index (χ2v) is 9.03. The molecule has 0 saturated heterocycles. The van der Waals surface area contributed by atoms with Crippen LogP contribution in [0.5, 0.6) is 11.5 Å². The van der Waals surface area contributed by atoms with Gasteiger partial charge in [0.1, 0.15) is 21.8 Å². The smallest absolute Gasteiger partial charge is 0.250 e. The lowest BCUT2D eigenvalue weighted by molar-refractivity contribution is 0.229. The quantitative estimate of drug-likeness (QED) is 0.281. The van der Waals surface area contributed by atoms with Gasteiger partial charge in [-0.1, -0.05) is 12.1 Å². The number of sulfonamides is 1. The van der Waals surface area contributed by atoms with Crippen LogP contribution in [0.1, 0.15) is 13.8 Å². The first kappa shape index (κ1) is 23.0. The highest BCUT2D eigenvalue weighted by molar-refractivity contribution is 7.91. The molecule has 1 unspecified atom stereocenters. The number of ether oxygens (including phenoxy) is 2. The second kappa shape index (κ2) is 11.6. The zero-order chi connectivity index (χ0) is 21.1. The Labute approximate surface area is 176 Å². The van der Waals surface area contributed by atoms with Crippen molar-refractivity contribution in [3.63, 3.8) is 0 Å². The van der Waals surface area contributed by atoms with E-state index in [-0.39, 0.29) is 12.6 Å². The average molecular weight is 441 g/mol. The molecule has 0 amide bonds. The maximum atomic E-state index is 12.1. The van der Waals surface area contributed by atoms with Crippen LogP contribution < -0.4 is 24.8 Å². The summed E-state index contributed by atoms with van der Waals surface area (Å²) in [6.07, 6.45) is -0.144. The largest absolute Gasteiger partial charge is 0.497 e. The second-order valence-electron chi connectivity index (χ2n) is 6.08. The van der Waals surface area contributed by atoms with Crippen molar-refractivity contribution < 1.29 is 17.9 Å². The first-order valence-electron chi connectivity index (χ1n) is 9.30. The first-order valence-corrected chi connectivity index (χ1v) is 11.7. The van der Waals surface area contributed by atoms with E-state index in [9.17, 15) is 8.42 Å². The lowest BCUT2D eigenvalue weighted by Gasteiger charge is -2.15. The van der Waals surface area contributed by atoms with Crippen LogP contribution >= 0.6 is 11.3 Å². The Hall–Kier alpha value is -2.30. The van der Waals surface area contributed by atoms with E-state index in [1.165, 1.54) is 11.3 Å². The predicted molar refractivity (Wildman–Crippen MR) is 117 cm³/mol. The summed E-state index contributed by atoms with van der Waals surface area (Å²) in [6, 6.07) is 10.7. The molecule has 1 heterocycles. The molecule has 2 aromatic rings. The number of thiophene rings is 1. The maximum absolute atomic E-state index is 12.1. The Bertz CT molecular complexity index is 870. The first-order chi connectivity index (χ1) is 13.9. The Morgan fingerprint density at radius 1 is 1.17 bits per heavy atom. The zero-order valence-corrected chi connectivity index (χ0v) is 18.5. The summed E-state index contributed by atoms with van der Waals surface area (Å²) in [4.78, 5) is 4.50. The summed E-state index contributed by atoms with van der Waals surface area (Å²) in [5.41, 5.74) is 0. The van der Waals surface area contributed by atoms with Crippen LogP contribution in [0, 0.1) is 0 Å². The molecule has 0 saturated carbocycles. The summed E-state index contributed by atoms with van der Waals surface area (Å²) in [7, 11) is -1.84. The lowest BCUT2D eigenvalue weighted by atomic mass is 10.3. The Kier molecular flexibility index (Phi) is 9.23. The third-order valence-electron chi connectivity index (χ3n) is 3.70. The van der Waals surface area contributed by atoms with Crippen LogP contribution in [-0.4, -0.2) is 53.8 Å². The lowest BCUT2D eigenvalue weighted by Crippen LogP contribution is -2.42. The van der Waals surface area contributed by atoms with Gasteiger partial charge in [-0.15, -0.1) is 11.3 Å². The zero-order valence-electron chi connectivity index (χ0n) is 16.8. The van der Waals surface area contributed by atoms with Crippen LogP contribution in [-0.2, 0) is 10.0 Å². The fraction of sp³-hybridized carbons (Fsp3) is 0.421. The van der Waals surface area contributed by atoms with E-state index in [2.05, 4.69) is 20.3 Å². The molecular formula is C19H28N4O4S2. The van der Waals surface area contributed by atoms with E-state index in [4.69, 9.17) is 9.47 Å². The van der Waals surface area contributed by atoms with Crippen molar-refractivity contribution in [3.05, 3.63) is 41.8 Å². The molecule has 0 aliphatic heterocycles. The molecular weight excluding hydrogens is 412 g/mol. The van der Waals surface area contributed by atoms with E-state index in [1.54, 1.807) is 24.6 Å². The van der Waals surface area contributed by atoms with Gasteiger partial charge >= 0.3 is 0 Å². The molecule has 0 bridgehead atoms. The minimum Gasteiger partial charge on any atom is -0.497 e. The summed E-state index contributed by atoms with van der Waals surface area (Å²) in [6.45, 7) is 5.68. The van der Waals surface area contributed by atoms with Crippen molar-refractivity contribution in [2.75, 3.05) is 33.3 Å². The molecule has 0 aliphatic rings. The van der Waals surface area contributed by atoms with Crippen LogP contribution in [0.25, 0.3) is 0 Å². The Morgan fingerprint density at radius 2 is 1.97 bits per heavy atom. The van der Waals surface area contributed by atoms with Crippen molar-refractivity contribution in [2.24, 2.45) is 4.99 Å². The number of benzene rings is 1. The number of hydrogen-bond donors (Lipinski definition) is 3. The van der Waals surface area contributed by atoms with Crippen LogP contribution in [0.2, 0.25) is 0 Å². The number of methoxy groups -OCH3 is 1. The number of rotatable bonds is 11. The van der Waals surface area contributed by atoms with Gasteiger partial charge in [0.25, 0.3) is 0 Å². The molecule has 8 nitrogen and oxygen atoms in total. The maximum Gasteiger partial charge on any atom is 0.250 e. The van der Waals surface area contributed by atoms with E-state index in [1.807, 2.05) is 38.1 Å². The van der Waals surface area contributed by atoms with Crippen molar-refractivity contribution in [1.82, 2.24) is 15.4 Å². The standard InChI is InChI=1S/C19H28N4O4S2/c1-4-20-19(21-10-11-23-29(24,25)18-9-6-12-28-18)22-14-15(2)27-17-8-5-7-16(13-17)26-3/h5-9,12-13,15,23H,4,10-11,14H2,1-3H3,(H2,20,21,22). The molecule has 0 radical (unpaired) electrons.